The number of benzene rings is 1. The van der Waals surface area contributed by atoms with Crippen molar-refractivity contribution in [2.75, 3.05) is 6.61 Å². The zero-order chi connectivity index (χ0) is 25.8. The molecule has 0 bridgehead atoms. The highest BCUT2D eigenvalue weighted by Gasteiger charge is 2.33. The largest absolute Gasteiger partial charge is 0.481 e. The van der Waals surface area contributed by atoms with Crippen molar-refractivity contribution < 1.29 is 39.3 Å². The number of carboxylic acid groups (broad SMARTS) is 2. The predicted molar refractivity (Wildman–Crippen MR) is 120 cm³/mol. The Labute approximate surface area is 196 Å². The topological polar surface area (TPSA) is 208 Å². The molecule has 0 fully saturated rings. The molecule has 12 heteroatoms. The van der Waals surface area contributed by atoms with E-state index in [1.54, 1.807) is 38.1 Å². The Kier molecular flexibility index (Phi) is 11.7. The summed E-state index contributed by atoms with van der Waals surface area (Å²) in [5.41, 5.74) is 6.81. The van der Waals surface area contributed by atoms with Crippen LogP contribution in [0.25, 0.3) is 0 Å². The van der Waals surface area contributed by atoms with Crippen LogP contribution in [0.5, 0.6) is 0 Å². The van der Waals surface area contributed by atoms with E-state index in [1.165, 1.54) is 0 Å². The Balaban J connectivity index is 2.96. The van der Waals surface area contributed by atoms with Crippen LogP contribution >= 0.6 is 0 Å². The van der Waals surface area contributed by atoms with Gasteiger partial charge >= 0.3 is 11.9 Å². The number of carbonyl (C=O) groups excluding carboxylic acids is 3. The summed E-state index contributed by atoms with van der Waals surface area (Å²) in [7, 11) is 0. The maximum atomic E-state index is 12.9. The summed E-state index contributed by atoms with van der Waals surface area (Å²) in [6.07, 6.45) is -0.152. The lowest BCUT2D eigenvalue weighted by Crippen LogP contribution is -2.59. The lowest BCUT2D eigenvalue weighted by molar-refractivity contribution is -0.144. The van der Waals surface area contributed by atoms with E-state index in [2.05, 4.69) is 10.6 Å². The summed E-state index contributed by atoms with van der Waals surface area (Å²) in [6.45, 7) is 2.53. The van der Waals surface area contributed by atoms with Gasteiger partial charge in [0.05, 0.1) is 19.1 Å². The van der Waals surface area contributed by atoms with E-state index >= 15 is 0 Å². The quantitative estimate of drug-likeness (QED) is 0.167. The van der Waals surface area contributed by atoms with Crippen LogP contribution in [0.3, 0.4) is 0 Å². The van der Waals surface area contributed by atoms with Crippen molar-refractivity contribution in [1.29, 1.82) is 0 Å². The van der Waals surface area contributed by atoms with Crippen LogP contribution < -0.4 is 21.7 Å². The highest BCUT2D eigenvalue weighted by atomic mass is 16.4. The van der Waals surface area contributed by atoms with Crippen LogP contribution in [-0.4, -0.2) is 75.8 Å². The van der Waals surface area contributed by atoms with Crippen LogP contribution in [0.1, 0.15) is 32.3 Å². The number of nitrogens with one attached hydrogen (secondary N) is 3. The molecule has 8 N–H and O–H groups in total. The van der Waals surface area contributed by atoms with Gasteiger partial charge in [-0.3, -0.25) is 19.2 Å². The number of carbonyl (C=O) groups is 5. The van der Waals surface area contributed by atoms with Crippen LogP contribution in [-0.2, 0) is 30.4 Å². The van der Waals surface area contributed by atoms with Crippen molar-refractivity contribution in [3.8, 4) is 0 Å². The van der Waals surface area contributed by atoms with Crippen molar-refractivity contribution in [2.45, 2.75) is 57.3 Å². The molecule has 1 aromatic carbocycles. The third kappa shape index (κ3) is 9.16. The molecule has 1 rings (SSSR count). The van der Waals surface area contributed by atoms with Crippen LogP contribution in [0.2, 0.25) is 0 Å². The maximum absolute atomic E-state index is 12.9. The summed E-state index contributed by atoms with van der Waals surface area (Å²) in [4.78, 5) is 60.3. The number of carboxylic acids is 2. The number of aliphatic carboxylic acids is 2. The molecule has 0 radical (unpaired) electrons. The standard InChI is InChI=1S/C22H32N4O8/c1-3-12(2)18(26-19(30)14(23)9-13-7-5-4-6-8-13)21(32)24-15(10-17(28)29)20(31)25-16(11-27)22(33)34/h4-8,12,14-16,18,27H,3,9-11,23H2,1-2H3,(H,24,32)(H,25,31)(H,26,30)(H,28,29)(H,33,34). The zero-order valence-electron chi connectivity index (χ0n) is 19.1. The van der Waals surface area contributed by atoms with E-state index in [9.17, 15) is 24.0 Å². The van der Waals surface area contributed by atoms with E-state index in [0.29, 0.717) is 6.42 Å². The Morgan fingerprint density at radius 3 is 2.00 bits per heavy atom. The van der Waals surface area contributed by atoms with Crippen molar-refractivity contribution in [3.05, 3.63) is 35.9 Å². The van der Waals surface area contributed by atoms with Gasteiger partial charge in [0, 0.05) is 0 Å². The van der Waals surface area contributed by atoms with Gasteiger partial charge in [0.15, 0.2) is 0 Å². The Hall–Kier alpha value is -3.51. The lowest BCUT2D eigenvalue weighted by Gasteiger charge is -2.27. The molecular formula is C22H32N4O8. The number of nitrogens with two attached hydrogens (primary N) is 1. The minimum Gasteiger partial charge on any atom is -0.481 e. The molecule has 0 aromatic heterocycles. The molecule has 0 saturated carbocycles. The minimum absolute atomic E-state index is 0.225. The van der Waals surface area contributed by atoms with Gasteiger partial charge in [0.25, 0.3) is 0 Å². The monoisotopic (exact) mass is 480 g/mol. The number of aliphatic hydroxyl groups excluding tert-OH is 1. The second-order valence-corrected chi connectivity index (χ2v) is 7.91. The smallest absolute Gasteiger partial charge is 0.328 e. The zero-order valence-corrected chi connectivity index (χ0v) is 19.1. The normalized spacial score (nSPS) is 15.2. The van der Waals surface area contributed by atoms with E-state index in [-0.39, 0.29) is 6.42 Å². The average molecular weight is 481 g/mol. The predicted octanol–water partition coefficient (Wildman–Crippen LogP) is -1.39. The molecule has 5 atom stereocenters. The Bertz CT molecular complexity index is 864. The number of amides is 3. The summed E-state index contributed by atoms with van der Waals surface area (Å²) in [5.74, 6) is -5.89. The van der Waals surface area contributed by atoms with Gasteiger partial charge in [-0.1, -0.05) is 50.6 Å². The highest BCUT2D eigenvalue weighted by Crippen LogP contribution is 2.10. The summed E-state index contributed by atoms with van der Waals surface area (Å²) in [5, 5.41) is 34.0. The van der Waals surface area contributed by atoms with E-state index in [1.807, 2.05) is 11.4 Å². The summed E-state index contributed by atoms with van der Waals surface area (Å²) < 4.78 is 0. The first-order valence-corrected chi connectivity index (χ1v) is 10.8. The molecule has 0 aliphatic rings. The van der Waals surface area contributed by atoms with Gasteiger partial charge < -0.3 is 37.0 Å². The molecular weight excluding hydrogens is 448 g/mol. The SMILES string of the molecule is CCC(C)C(NC(=O)C(N)Cc1ccccc1)C(=O)NC(CC(=O)O)C(=O)NC(CO)C(=O)O. The van der Waals surface area contributed by atoms with Crippen molar-refractivity contribution >= 4 is 29.7 Å². The second kappa shape index (κ2) is 13.9. The van der Waals surface area contributed by atoms with Crippen molar-refractivity contribution in [2.24, 2.45) is 11.7 Å². The van der Waals surface area contributed by atoms with E-state index in [0.717, 1.165) is 5.56 Å². The second-order valence-electron chi connectivity index (χ2n) is 7.91. The van der Waals surface area contributed by atoms with Gasteiger partial charge in [0.2, 0.25) is 17.7 Å². The highest BCUT2D eigenvalue weighted by molar-refractivity contribution is 5.95. The molecule has 0 heterocycles. The molecule has 3 amide bonds. The minimum atomic E-state index is -1.68. The van der Waals surface area contributed by atoms with Crippen molar-refractivity contribution in [3.63, 3.8) is 0 Å². The fraction of sp³-hybridized carbons (Fsp3) is 0.500. The van der Waals surface area contributed by atoms with Crippen molar-refractivity contribution in [1.82, 2.24) is 16.0 Å². The van der Waals surface area contributed by atoms with Gasteiger partial charge in [-0.15, -0.1) is 0 Å². The molecule has 0 spiro atoms. The summed E-state index contributed by atoms with van der Waals surface area (Å²) in [6, 6.07) is 3.62. The Morgan fingerprint density at radius 2 is 1.50 bits per heavy atom. The molecule has 188 valence electrons. The maximum Gasteiger partial charge on any atom is 0.328 e. The van der Waals surface area contributed by atoms with Crippen LogP contribution in [0, 0.1) is 5.92 Å². The molecule has 12 nitrogen and oxygen atoms in total. The van der Waals surface area contributed by atoms with Gasteiger partial charge in [0.1, 0.15) is 18.1 Å². The molecule has 0 aliphatic heterocycles. The Morgan fingerprint density at radius 1 is 0.912 bits per heavy atom. The fourth-order valence-corrected chi connectivity index (χ4v) is 3.03. The summed E-state index contributed by atoms with van der Waals surface area (Å²) >= 11 is 0. The molecule has 0 saturated heterocycles. The average Bonchev–Trinajstić information content (AvgIpc) is 2.79. The fourth-order valence-electron chi connectivity index (χ4n) is 3.03. The van der Waals surface area contributed by atoms with Gasteiger partial charge in [-0.05, 0) is 17.9 Å². The van der Waals surface area contributed by atoms with E-state index < -0.39 is 72.8 Å². The molecule has 0 aliphatic carbocycles. The third-order valence-electron chi connectivity index (χ3n) is 5.24. The molecule has 34 heavy (non-hydrogen) atoms. The molecule has 1 aromatic rings. The number of rotatable bonds is 14. The van der Waals surface area contributed by atoms with Crippen LogP contribution in [0.15, 0.2) is 30.3 Å². The van der Waals surface area contributed by atoms with Crippen LogP contribution in [0.4, 0.5) is 0 Å². The molecule has 5 unspecified atom stereocenters. The first-order valence-electron chi connectivity index (χ1n) is 10.8. The first-order chi connectivity index (χ1) is 16.0. The third-order valence-corrected chi connectivity index (χ3v) is 5.24. The van der Waals surface area contributed by atoms with E-state index in [4.69, 9.17) is 21.1 Å². The lowest BCUT2D eigenvalue weighted by atomic mass is 9.96. The number of hydrogen-bond donors (Lipinski definition) is 7. The first kappa shape index (κ1) is 28.5. The number of aliphatic hydroxyl groups is 1. The van der Waals surface area contributed by atoms with Gasteiger partial charge in [-0.2, -0.15) is 0 Å². The number of hydrogen-bond acceptors (Lipinski definition) is 7. The van der Waals surface area contributed by atoms with Gasteiger partial charge in [-0.25, -0.2) is 4.79 Å².